The van der Waals surface area contributed by atoms with Gasteiger partial charge >= 0.3 is 0 Å². The Morgan fingerprint density at radius 2 is 1.03 bits per heavy atom. The maximum absolute atomic E-state index is 9.09. The Balaban J connectivity index is 1.69. The second-order valence-corrected chi connectivity index (χ2v) is 9.89. The molecular formula is C28H56N2O. The maximum Gasteiger partial charge on any atom is 0.102 e. The molecule has 0 aliphatic carbocycles. The van der Waals surface area contributed by atoms with Crippen molar-refractivity contribution >= 4 is 6.21 Å². The van der Waals surface area contributed by atoms with E-state index in [4.69, 9.17) is 5.11 Å². The van der Waals surface area contributed by atoms with Crippen LogP contribution in [0.4, 0.5) is 0 Å². The summed E-state index contributed by atoms with van der Waals surface area (Å²) in [5.41, 5.74) is 0. The summed E-state index contributed by atoms with van der Waals surface area (Å²) in [5.74, 6) is 0. The molecule has 3 nitrogen and oxygen atoms in total. The first-order valence-corrected chi connectivity index (χ1v) is 14.2. The predicted molar refractivity (Wildman–Crippen MR) is 138 cm³/mol. The van der Waals surface area contributed by atoms with E-state index < -0.39 is 0 Å². The van der Waals surface area contributed by atoms with Gasteiger partial charge in [0.15, 0.2) is 0 Å². The summed E-state index contributed by atoms with van der Waals surface area (Å²) in [5, 5.41) is 9.09. The predicted octanol–water partition coefficient (Wildman–Crippen LogP) is 8.29. The van der Waals surface area contributed by atoms with Crippen LogP contribution in [0.25, 0.3) is 0 Å². The van der Waals surface area contributed by atoms with Gasteiger partial charge in [-0.3, -0.25) is 9.89 Å². The molecule has 0 aromatic rings. The van der Waals surface area contributed by atoms with Crippen molar-refractivity contribution < 1.29 is 5.11 Å². The first kappa shape index (κ1) is 28.6. The van der Waals surface area contributed by atoms with Gasteiger partial charge in [-0.05, 0) is 12.8 Å². The lowest BCUT2D eigenvalue weighted by Crippen LogP contribution is -2.32. The zero-order valence-corrected chi connectivity index (χ0v) is 21.2. The third kappa shape index (κ3) is 17.8. The lowest BCUT2D eigenvalue weighted by atomic mass is 10.0. The van der Waals surface area contributed by atoms with Crippen LogP contribution in [0.1, 0.15) is 148 Å². The topological polar surface area (TPSA) is 35.8 Å². The molecule has 31 heavy (non-hydrogen) atoms. The molecule has 1 unspecified atom stereocenters. The molecule has 0 fully saturated rings. The molecule has 1 aliphatic heterocycles. The van der Waals surface area contributed by atoms with E-state index in [1.54, 1.807) is 0 Å². The van der Waals surface area contributed by atoms with Crippen LogP contribution < -0.4 is 0 Å². The summed E-state index contributed by atoms with van der Waals surface area (Å²) < 4.78 is 0. The Morgan fingerprint density at radius 3 is 1.42 bits per heavy atom. The summed E-state index contributed by atoms with van der Waals surface area (Å²) >= 11 is 0. The third-order valence-corrected chi connectivity index (χ3v) is 6.97. The largest absolute Gasteiger partial charge is 0.395 e. The summed E-state index contributed by atoms with van der Waals surface area (Å²) in [4.78, 5) is 6.84. The number of aliphatic hydroxyl groups is 1. The number of hydrogen-bond acceptors (Lipinski definition) is 3. The minimum absolute atomic E-state index is 0.249. The molecule has 0 aromatic carbocycles. The number of rotatable bonds is 24. The Morgan fingerprint density at radius 1 is 0.645 bits per heavy atom. The molecule has 3 heteroatoms. The summed E-state index contributed by atoms with van der Waals surface area (Å²) in [7, 11) is 0. The van der Waals surface area contributed by atoms with Crippen molar-refractivity contribution in [1.82, 2.24) is 4.90 Å². The van der Waals surface area contributed by atoms with Gasteiger partial charge in [-0.2, -0.15) is 0 Å². The smallest absolute Gasteiger partial charge is 0.102 e. The molecular weight excluding hydrogens is 380 g/mol. The van der Waals surface area contributed by atoms with Gasteiger partial charge in [0.25, 0.3) is 0 Å². The number of aliphatic hydroxyl groups excluding tert-OH is 1. The average Bonchev–Trinajstić information content (AvgIpc) is 3.22. The minimum atomic E-state index is 0.249. The van der Waals surface area contributed by atoms with Crippen LogP contribution in [0.15, 0.2) is 4.99 Å². The van der Waals surface area contributed by atoms with Gasteiger partial charge in [0, 0.05) is 19.3 Å². The van der Waals surface area contributed by atoms with Crippen molar-refractivity contribution in [3.05, 3.63) is 0 Å². The highest BCUT2D eigenvalue weighted by molar-refractivity contribution is 5.62. The van der Waals surface area contributed by atoms with Crippen molar-refractivity contribution in [2.75, 3.05) is 19.7 Å². The second-order valence-electron chi connectivity index (χ2n) is 9.89. The fourth-order valence-corrected chi connectivity index (χ4v) is 4.87. The van der Waals surface area contributed by atoms with E-state index in [0.29, 0.717) is 6.17 Å². The number of hydrogen-bond donors (Lipinski definition) is 1. The fraction of sp³-hybridized carbons (Fsp3) is 0.964. The second kappa shape index (κ2) is 22.8. The highest BCUT2D eigenvalue weighted by atomic mass is 16.3. The first-order valence-electron chi connectivity index (χ1n) is 14.2. The average molecular weight is 437 g/mol. The SMILES string of the molecule is CCCCCCCCCCCCCCCCCCCCCCCC1N=CCN1CCO. The molecule has 184 valence electrons. The quantitative estimate of drug-likeness (QED) is 0.154. The molecule has 1 rings (SSSR count). The van der Waals surface area contributed by atoms with Gasteiger partial charge in [0.2, 0.25) is 0 Å². The van der Waals surface area contributed by atoms with E-state index in [-0.39, 0.29) is 6.61 Å². The van der Waals surface area contributed by atoms with Gasteiger partial charge in [0.05, 0.1) is 6.61 Å². The molecule has 0 saturated carbocycles. The summed E-state index contributed by atoms with van der Waals surface area (Å²) in [6.45, 7) is 4.24. The van der Waals surface area contributed by atoms with E-state index >= 15 is 0 Å². The third-order valence-electron chi connectivity index (χ3n) is 6.97. The van der Waals surface area contributed by atoms with Crippen LogP contribution in [-0.4, -0.2) is 42.1 Å². The highest BCUT2D eigenvalue weighted by Gasteiger charge is 2.19. The van der Waals surface area contributed by atoms with Crippen LogP contribution in [-0.2, 0) is 0 Å². The number of β-amino-alcohol motifs (C(OH)–C–C–N with tert-alkyl or cyclic N) is 1. The van der Waals surface area contributed by atoms with Crippen LogP contribution in [0.3, 0.4) is 0 Å². The Kier molecular flexibility index (Phi) is 21.0. The van der Waals surface area contributed by atoms with Gasteiger partial charge in [-0.25, -0.2) is 0 Å². The highest BCUT2D eigenvalue weighted by Crippen LogP contribution is 2.17. The molecule has 0 bridgehead atoms. The molecule has 0 spiro atoms. The van der Waals surface area contributed by atoms with E-state index in [1.807, 2.05) is 6.21 Å². The molecule has 0 aromatic heterocycles. The molecule has 1 N–H and O–H groups in total. The fourth-order valence-electron chi connectivity index (χ4n) is 4.87. The van der Waals surface area contributed by atoms with Crippen molar-refractivity contribution in [3.63, 3.8) is 0 Å². The standard InChI is InChI=1S/C28H56N2O/c1-2-3-4-5-6-7-8-9-10-11-12-13-14-15-16-17-18-19-20-21-22-23-28-29-24-25-30(28)26-27-31/h24,28,31H,2-23,25-27H2,1H3. The van der Waals surface area contributed by atoms with Gasteiger partial charge in [-0.15, -0.1) is 0 Å². The number of aliphatic imine (C=N–C) groups is 1. The van der Waals surface area contributed by atoms with Gasteiger partial charge in [0.1, 0.15) is 6.17 Å². The zero-order valence-electron chi connectivity index (χ0n) is 21.2. The molecule has 1 aliphatic rings. The van der Waals surface area contributed by atoms with Crippen LogP contribution in [0.5, 0.6) is 0 Å². The zero-order chi connectivity index (χ0) is 22.2. The minimum Gasteiger partial charge on any atom is -0.395 e. The molecule has 1 heterocycles. The van der Waals surface area contributed by atoms with Crippen molar-refractivity contribution in [2.45, 2.75) is 154 Å². The molecule has 0 amide bonds. The van der Waals surface area contributed by atoms with E-state index in [2.05, 4.69) is 16.8 Å². The van der Waals surface area contributed by atoms with Crippen LogP contribution in [0, 0.1) is 0 Å². The molecule has 1 atom stereocenters. The first-order chi connectivity index (χ1) is 15.4. The van der Waals surface area contributed by atoms with Gasteiger partial charge in [-0.1, -0.05) is 135 Å². The lowest BCUT2D eigenvalue weighted by Gasteiger charge is -2.21. The lowest BCUT2D eigenvalue weighted by molar-refractivity contribution is 0.176. The van der Waals surface area contributed by atoms with Crippen molar-refractivity contribution in [3.8, 4) is 0 Å². The maximum atomic E-state index is 9.09. The normalized spacial score (nSPS) is 16.5. The number of unbranched alkanes of at least 4 members (excludes halogenated alkanes) is 20. The Labute approximate surface area is 195 Å². The van der Waals surface area contributed by atoms with E-state index in [9.17, 15) is 0 Å². The molecule has 0 saturated heterocycles. The van der Waals surface area contributed by atoms with E-state index in [1.165, 1.54) is 135 Å². The number of nitrogens with zero attached hydrogens (tertiary/aromatic N) is 2. The Bertz CT molecular complexity index is 385. The van der Waals surface area contributed by atoms with Crippen LogP contribution in [0.2, 0.25) is 0 Å². The summed E-state index contributed by atoms with van der Waals surface area (Å²) in [6, 6.07) is 0. The van der Waals surface area contributed by atoms with Gasteiger partial charge < -0.3 is 5.11 Å². The van der Waals surface area contributed by atoms with Crippen LogP contribution >= 0.6 is 0 Å². The summed E-state index contributed by atoms with van der Waals surface area (Å²) in [6.07, 6.45) is 33.7. The Hall–Kier alpha value is -0.410. The molecule has 0 radical (unpaired) electrons. The van der Waals surface area contributed by atoms with Crippen molar-refractivity contribution in [1.29, 1.82) is 0 Å². The van der Waals surface area contributed by atoms with E-state index in [0.717, 1.165) is 19.5 Å². The van der Waals surface area contributed by atoms with Crippen molar-refractivity contribution in [2.24, 2.45) is 4.99 Å². The monoisotopic (exact) mass is 436 g/mol.